The molecule has 0 spiro atoms. The van der Waals surface area contributed by atoms with Crippen LogP contribution < -0.4 is 11.5 Å². The molecule has 0 fully saturated rings. The van der Waals surface area contributed by atoms with E-state index in [1.165, 1.54) is 0 Å². The number of nitrogens with two attached hydrogens (primary N) is 2. The summed E-state index contributed by atoms with van der Waals surface area (Å²) in [6.45, 7) is 0. The van der Waals surface area contributed by atoms with Gasteiger partial charge in [0.1, 0.15) is 0 Å². The van der Waals surface area contributed by atoms with Crippen molar-refractivity contribution < 1.29 is 0 Å². The number of halogens is 4. The van der Waals surface area contributed by atoms with Gasteiger partial charge in [0.15, 0.2) is 0 Å². The van der Waals surface area contributed by atoms with Gasteiger partial charge in [0.2, 0.25) is 0 Å². The van der Waals surface area contributed by atoms with E-state index in [1.807, 2.05) is 24.3 Å². The van der Waals surface area contributed by atoms with Gasteiger partial charge in [0.05, 0.1) is 48.3 Å². The van der Waals surface area contributed by atoms with Gasteiger partial charge in [-0.1, -0.05) is 70.7 Å². The van der Waals surface area contributed by atoms with E-state index in [9.17, 15) is 0 Å². The Bertz CT molecular complexity index is 1220. The van der Waals surface area contributed by atoms with Gasteiger partial charge in [-0.05, 0) is 41.0 Å². The fraction of sp³-hybridized carbons (Fsp3) is 0.0435. The summed E-state index contributed by atoms with van der Waals surface area (Å²) in [6.07, 6.45) is 3.32. The third-order valence-electron chi connectivity index (χ3n) is 5.66. The summed E-state index contributed by atoms with van der Waals surface area (Å²) in [5.41, 5.74) is 16.7. The van der Waals surface area contributed by atoms with Crippen LogP contribution in [0.2, 0.25) is 20.1 Å². The van der Waals surface area contributed by atoms with Gasteiger partial charge >= 0.3 is 0 Å². The van der Waals surface area contributed by atoms with Gasteiger partial charge in [0.25, 0.3) is 0 Å². The lowest BCUT2D eigenvalue weighted by molar-refractivity contribution is 0.735. The summed E-state index contributed by atoms with van der Waals surface area (Å²) in [7, 11) is 0. The highest BCUT2D eigenvalue weighted by Crippen LogP contribution is 2.56. The molecule has 0 bridgehead atoms. The van der Waals surface area contributed by atoms with Crippen LogP contribution in [-0.4, -0.2) is 9.97 Å². The third kappa shape index (κ3) is 2.83. The maximum atomic E-state index is 6.47. The summed E-state index contributed by atoms with van der Waals surface area (Å²) >= 11 is 25.9. The number of fused-ring (bicyclic) bond motifs is 3. The molecule has 1 heterocycles. The van der Waals surface area contributed by atoms with Crippen LogP contribution in [-0.2, 0) is 5.41 Å². The van der Waals surface area contributed by atoms with Crippen LogP contribution >= 0.6 is 46.4 Å². The number of aromatic nitrogens is 2. The zero-order valence-electron chi connectivity index (χ0n) is 15.8. The predicted molar refractivity (Wildman–Crippen MR) is 128 cm³/mol. The Balaban J connectivity index is 2.00. The average Bonchev–Trinajstić information content (AvgIpc) is 3.06. The number of nitrogen functional groups attached to an aromatic ring is 2. The number of anilines is 2. The van der Waals surface area contributed by atoms with E-state index in [4.69, 9.17) is 62.9 Å². The predicted octanol–water partition coefficient (Wildman–Crippen LogP) is 6.62. The van der Waals surface area contributed by atoms with Crippen molar-refractivity contribution in [1.29, 1.82) is 0 Å². The highest BCUT2D eigenvalue weighted by molar-refractivity contribution is 6.39. The molecule has 4 aromatic rings. The first-order valence-corrected chi connectivity index (χ1v) is 10.8. The quantitative estimate of drug-likeness (QED) is 0.274. The Hall–Kier alpha value is -2.50. The van der Waals surface area contributed by atoms with Crippen molar-refractivity contribution in [2.45, 2.75) is 5.41 Å². The molecule has 1 aliphatic carbocycles. The van der Waals surface area contributed by atoms with Gasteiger partial charge in [-0.2, -0.15) is 0 Å². The molecule has 0 aliphatic heterocycles. The second kappa shape index (κ2) is 7.28. The summed E-state index contributed by atoms with van der Waals surface area (Å²) in [5, 5.41) is 1.35. The maximum Gasteiger partial charge on any atom is 0.0937 e. The van der Waals surface area contributed by atoms with Crippen molar-refractivity contribution in [2.24, 2.45) is 0 Å². The van der Waals surface area contributed by atoms with E-state index in [-0.39, 0.29) is 0 Å². The van der Waals surface area contributed by atoms with Gasteiger partial charge < -0.3 is 11.5 Å². The molecule has 0 saturated carbocycles. The van der Waals surface area contributed by atoms with E-state index in [0.29, 0.717) is 37.2 Å². The molecule has 154 valence electrons. The lowest BCUT2D eigenvalue weighted by Crippen LogP contribution is -2.30. The minimum Gasteiger partial charge on any atom is -0.396 e. The number of hydrogen-bond acceptors (Lipinski definition) is 4. The highest BCUT2D eigenvalue weighted by Gasteiger charge is 2.49. The molecule has 0 atom stereocenters. The average molecular weight is 488 g/mol. The van der Waals surface area contributed by atoms with E-state index < -0.39 is 5.41 Å². The van der Waals surface area contributed by atoms with E-state index in [1.54, 1.807) is 36.7 Å². The van der Waals surface area contributed by atoms with Crippen molar-refractivity contribution >= 4 is 57.8 Å². The van der Waals surface area contributed by atoms with Gasteiger partial charge in [-0.25, -0.2) is 0 Å². The molecule has 8 heteroatoms. The zero-order chi connectivity index (χ0) is 21.9. The molecule has 0 radical (unpaired) electrons. The first-order valence-electron chi connectivity index (χ1n) is 9.27. The molecule has 4 nitrogen and oxygen atoms in total. The van der Waals surface area contributed by atoms with Gasteiger partial charge in [0, 0.05) is 18.0 Å². The molecule has 1 aromatic heterocycles. The lowest BCUT2D eigenvalue weighted by atomic mass is 9.69. The Morgan fingerprint density at radius 1 is 0.677 bits per heavy atom. The van der Waals surface area contributed by atoms with Crippen LogP contribution in [0, 0.1) is 0 Å². The summed E-state index contributed by atoms with van der Waals surface area (Å²) in [6, 6.07) is 15.1. The van der Waals surface area contributed by atoms with Gasteiger partial charge in [-0.3, -0.25) is 9.97 Å². The number of rotatable bonds is 2. The molecular weight excluding hydrogens is 474 g/mol. The first kappa shape index (κ1) is 20.4. The van der Waals surface area contributed by atoms with Crippen LogP contribution in [0.5, 0.6) is 0 Å². The summed E-state index contributed by atoms with van der Waals surface area (Å²) in [4.78, 5) is 9.37. The van der Waals surface area contributed by atoms with Gasteiger partial charge in [-0.15, -0.1) is 0 Å². The van der Waals surface area contributed by atoms with Crippen LogP contribution in [0.15, 0.2) is 60.9 Å². The number of benzene rings is 3. The fourth-order valence-electron chi connectivity index (χ4n) is 4.31. The molecule has 4 N–H and O–H groups in total. The summed E-state index contributed by atoms with van der Waals surface area (Å²) < 4.78 is 0. The maximum absolute atomic E-state index is 6.47. The number of hydrogen-bond donors (Lipinski definition) is 2. The second-order valence-corrected chi connectivity index (χ2v) is 8.89. The molecule has 1 aliphatic rings. The van der Waals surface area contributed by atoms with E-state index in [0.717, 1.165) is 27.9 Å². The van der Waals surface area contributed by atoms with E-state index in [2.05, 4.69) is 4.98 Å². The second-order valence-electron chi connectivity index (χ2n) is 7.26. The molecule has 5 rings (SSSR count). The molecular formula is C23H14Cl4N4. The molecule has 0 amide bonds. The molecule has 3 aromatic carbocycles. The Morgan fingerprint density at radius 2 is 1.16 bits per heavy atom. The fourth-order valence-corrected chi connectivity index (χ4v) is 5.28. The van der Waals surface area contributed by atoms with Crippen LogP contribution in [0.4, 0.5) is 11.4 Å². The Morgan fingerprint density at radius 3 is 1.71 bits per heavy atom. The first-order chi connectivity index (χ1) is 14.9. The minimum atomic E-state index is -0.928. The smallest absolute Gasteiger partial charge is 0.0937 e. The Kier molecular flexibility index (Phi) is 4.79. The van der Waals surface area contributed by atoms with Crippen molar-refractivity contribution in [1.82, 2.24) is 9.97 Å². The molecule has 0 saturated heterocycles. The largest absolute Gasteiger partial charge is 0.396 e. The van der Waals surface area contributed by atoms with E-state index >= 15 is 0 Å². The van der Waals surface area contributed by atoms with Crippen LogP contribution in [0.3, 0.4) is 0 Å². The standard InChI is InChI=1S/C23H14Cl4N4/c24-15-7-11(8-16(25)19(15)28)23(12-9-17(26)20(29)18(27)10-12)14-4-2-1-3-13(14)21-22(23)31-6-5-30-21/h1-10H,28-29H2. The van der Waals surface area contributed by atoms with Crippen molar-refractivity contribution in [3.05, 3.63) is 103 Å². The molecule has 0 unspecified atom stereocenters. The van der Waals surface area contributed by atoms with Crippen LogP contribution in [0.1, 0.15) is 22.4 Å². The normalized spacial score (nSPS) is 13.7. The molecule has 31 heavy (non-hydrogen) atoms. The monoisotopic (exact) mass is 486 g/mol. The zero-order valence-corrected chi connectivity index (χ0v) is 18.9. The van der Waals surface area contributed by atoms with Crippen molar-refractivity contribution in [2.75, 3.05) is 11.5 Å². The minimum absolute atomic E-state index is 0.307. The van der Waals surface area contributed by atoms with Crippen molar-refractivity contribution in [3.8, 4) is 11.3 Å². The highest BCUT2D eigenvalue weighted by atomic mass is 35.5. The topological polar surface area (TPSA) is 77.8 Å². The Labute approximate surface area is 198 Å². The summed E-state index contributed by atoms with van der Waals surface area (Å²) in [5.74, 6) is 0. The van der Waals surface area contributed by atoms with Crippen LogP contribution in [0.25, 0.3) is 11.3 Å². The SMILES string of the molecule is Nc1c(Cl)cc(C2(c3cc(Cl)c(N)c(Cl)c3)c3ccccc3-c3nccnc32)cc1Cl. The number of nitrogens with zero attached hydrogens (tertiary/aromatic N) is 2. The lowest BCUT2D eigenvalue weighted by Gasteiger charge is -2.33. The third-order valence-corrected chi connectivity index (χ3v) is 6.91. The van der Waals surface area contributed by atoms with Crippen molar-refractivity contribution in [3.63, 3.8) is 0 Å².